The summed E-state index contributed by atoms with van der Waals surface area (Å²) in [5.41, 5.74) is 5.97. The van der Waals surface area contributed by atoms with Gasteiger partial charge in [-0.15, -0.1) is 0 Å². The number of nitrogens with two attached hydrogens (primary N) is 1. The normalized spacial score (nSPS) is 14.1. The number of hydrogen-bond acceptors (Lipinski definition) is 5. The molecule has 98 valence electrons. The molecule has 0 aliphatic rings. The maximum Gasteiger partial charge on any atom is 0.533 e. The van der Waals surface area contributed by atoms with E-state index in [2.05, 4.69) is 12.2 Å². The molecule has 3 N–H and O–H groups in total. The molecule has 0 fully saturated rings. The molecular formula is C10H26N2O3Si. The van der Waals surface area contributed by atoms with Gasteiger partial charge in [-0.25, -0.2) is 0 Å². The Hall–Kier alpha value is 0.0169. The van der Waals surface area contributed by atoms with E-state index < -0.39 is 8.80 Å². The quantitative estimate of drug-likeness (QED) is 0.342. The third kappa shape index (κ3) is 4.90. The molecule has 0 amide bonds. The molecule has 0 radical (unpaired) electrons. The maximum atomic E-state index is 5.97. The van der Waals surface area contributed by atoms with E-state index in [-0.39, 0.29) is 5.79 Å². The van der Waals surface area contributed by atoms with Crippen LogP contribution in [0.1, 0.15) is 32.6 Å². The summed E-state index contributed by atoms with van der Waals surface area (Å²) < 4.78 is 15.8. The van der Waals surface area contributed by atoms with Crippen molar-refractivity contribution < 1.29 is 13.3 Å². The summed E-state index contributed by atoms with van der Waals surface area (Å²) in [5, 5.41) is 3.20. The summed E-state index contributed by atoms with van der Waals surface area (Å²) in [6.07, 6.45) is 4.83. The van der Waals surface area contributed by atoms with Crippen molar-refractivity contribution in [2.24, 2.45) is 5.73 Å². The van der Waals surface area contributed by atoms with Crippen LogP contribution >= 0.6 is 0 Å². The van der Waals surface area contributed by atoms with Crippen molar-refractivity contribution in [1.82, 2.24) is 5.32 Å². The van der Waals surface area contributed by atoms with Gasteiger partial charge in [0.25, 0.3) is 0 Å². The van der Waals surface area contributed by atoms with Gasteiger partial charge >= 0.3 is 8.80 Å². The lowest BCUT2D eigenvalue weighted by atomic mass is 10.2. The van der Waals surface area contributed by atoms with E-state index >= 15 is 0 Å². The van der Waals surface area contributed by atoms with Crippen LogP contribution in [-0.4, -0.2) is 42.5 Å². The summed E-state index contributed by atoms with van der Waals surface area (Å²) in [6, 6.07) is 0. The highest BCUT2D eigenvalue weighted by Crippen LogP contribution is 2.08. The Kier molecular flexibility index (Phi) is 9.10. The topological polar surface area (TPSA) is 65.7 Å². The number of rotatable bonds is 10. The monoisotopic (exact) mass is 250 g/mol. The zero-order valence-corrected chi connectivity index (χ0v) is 11.9. The fraction of sp³-hybridized carbons (Fsp3) is 1.00. The van der Waals surface area contributed by atoms with Gasteiger partial charge in [-0.1, -0.05) is 26.2 Å². The van der Waals surface area contributed by atoms with Crippen LogP contribution in [0.2, 0.25) is 0 Å². The first kappa shape index (κ1) is 16.0. The van der Waals surface area contributed by atoms with Crippen molar-refractivity contribution in [2.45, 2.75) is 38.4 Å². The minimum atomic E-state index is -2.72. The van der Waals surface area contributed by atoms with Crippen LogP contribution in [0.25, 0.3) is 0 Å². The van der Waals surface area contributed by atoms with Crippen molar-refractivity contribution in [3.63, 3.8) is 0 Å². The van der Waals surface area contributed by atoms with Crippen molar-refractivity contribution in [1.29, 1.82) is 0 Å². The van der Waals surface area contributed by atoms with Crippen LogP contribution < -0.4 is 11.1 Å². The first-order valence-electron chi connectivity index (χ1n) is 5.81. The highest BCUT2D eigenvalue weighted by atomic mass is 28.4. The van der Waals surface area contributed by atoms with Crippen LogP contribution in [0.15, 0.2) is 0 Å². The van der Waals surface area contributed by atoms with Gasteiger partial charge in [0.2, 0.25) is 0 Å². The molecule has 0 bridgehead atoms. The molecular weight excluding hydrogens is 224 g/mol. The highest BCUT2D eigenvalue weighted by Gasteiger charge is 2.45. The van der Waals surface area contributed by atoms with Gasteiger partial charge in [-0.3, -0.25) is 5.32 Å². The third-order valence-corrected chi connectivity index (χ3v) is 5.30. The fourth-order valence-electron chi connectivity index (χ4n) is 1.57. The summed E-state index contributed by atoms with van der Waals surface area (Å²) in [4.78, 5) is 0. The van der Waals surface area contributed by atoms with Gasteiger partial charge in [0.05, 0.1) is 0 Å². The second-order valence-corrected chi connectivity index (χ2v) is 6.76. The van der Waals surface area contributed by atoms with Gasteiger partial charge in [-0.2, -0.15) is 0 Å². The predicted octanol–water partition coefficient (Wildman–Crippen LogP) is 0.858. The van der Waals surface area contributed by atoms with Crippen molar-refractivity contribution in [2.75, 3.05) is 27.9 Å². The second kappa shape index (κ2) is 9.09. The maximum absolute atomic E-state index is 5.97. The van der Waals surface area contributed by atoms with E-state index in [1.807, 2.05) is 0 Å². The van der Waals surface area contributed by atoms with Crippen LogP contribution in [0.5, 0.6) is 0 Å². The molecule has 0 heterocycles. The standard InChI is InChI=1S/C10H26N2O3Si/c1-5-6-7-8-9-12-10(11)16(13-2,14-3)15-4/h10,12H,5-9,11H2,1-4H3. The zero-order chi connectivity index (χ0) is 12.4. The summed E-state index contributed by atoms with van der Waals surface area (Å²) in [6.45, 7) is 3.06. The summed E-state index contributed by atoms with van der Waals surface area (Å²) in [7, 11) is 1.98. The summed E-state index contributed by atoms with van der Waals surface area (Å²) in [5.74, 6) is -0.367. The van der Waals surface area contributed by atoms with E-state index in [4.69, 9.17) is 19.0 Å². The molecule has 0 aromatic rings. The SMILES string of the molecule is CCCCCCNC(N)[Si](OC)(OC)OC. The van der Waals surface area contributed by atoms with E-state index in [0.29, 0.717) is 0 Å². The van der Waals surface area contributed by atoms with Gasteiger partial charge in [-0.05, 0) is 13.0 Å². The van der Waals surface area contributed by atoms with Crippen molar-refractivity contribution >= 4 is 8.80 Å². The molecule has 0 saturated heterocycles. The Balaban J connectivity index is 3.88. The molecule has 6 heteroatoms. The lowest BCUT2D eigenvalue weighted by molar-refractivity contribution is 0.108. The molecule has 0 aromatic heterocycles. The van der Waals surface area contributed by atoms with Crippen LogP contribution in [-0.2, 0) is 13.3 Å². The minimum Gasteiger partial charge on any atom is -0.375 e. The van der Waals surface area contributed by atoms with Crippen molar-refractivity contribution in [3.8, 4) is 0 Å². The Morgan fingerprint density at radius 1 is 1.06 bits per heavy atom. The minimum absolute atomic E-state index is 0.367. The molecule has 1 atom stereocenters. The van der Waals surface area contributed by atoms with E-state index in [1.54, 1.807) is 21.3 Å². The number of unbranched alkanes of at least 4 members (excludes halogenated alkanes) is 3. The van der Waals surface area contributed by atoms with Crippen molar-refractivity contribution in [3.05, 3.63) is 0 Å². The molecule has 0 aliphatic carbocycles. The summed E-state index contributed by atoms with van der Waals surface area (Å²) >= 11 is 0. The molecule has 0 rings (SSSR count). The average molecular weight is 250 g/mol. The van der Waals surface area contributed by atoms with Gasteiger partial charge in [0.15, 0.2) is 0 Å². The average Bonchev–Trinajstić information content (AvgIpc) is 2.32. The Labute approximate surface area is 100 Å². The smallest absolute Gasteiger partial charge is 0.375 e. The molecule has 0 saturated carbocycles. The van der Waals surface area contributed by atoms with E-state index in [0.717, 1.165) is 13.0 Å². The molecule has 1 unspecified atom stereocenters. The lowest BCUT2D eigenvalue weighted by Gasteiger charge is -2.30. The molecule has 5 nitrogen and oxygen atoms in total. The van der Waals surface area contributed by atoms with E-state index in [1.165, 1.54) is 19.3 Å². The molecule has 0 spiro atoms. The molecule has 0 aromatic carbocycles. The zero-order valence-electron chi connectivity index (χ0n) is 10.9. The Morgan fingerprint density at radius 3 is 2.06 bits per heavy atom. The Bertz CT molecular complexity index is 160. The molecule has 16 heavy (non-hydrogen) atoms. The van der Waals surface area contributed by atoms with Gasteiger partial charge in [0, 0.05) is 21.3 Å². The van der Waals surface area contributed by atoms with E-state index in [9.17, 15) is 0 Å². The molecule has 0 aliphatic heterocycles. The van der Waals surface area contributed by atoms with Crippen LogP contribution in [0, 0.1) is 0 Å². The van der Waals surface area contributed by atoms with Gasteiger partial charge < -0.3 is 19.0 Å². The second-order valence-electron chi connectivity index (χ2n) is 3.71. The van der Waals surface area contributed by atoms with Crippen LogP contribution in [0.4, 0.5) is 0 Å². The van der Waals surface area contributed by atoms with Gasteiger partial charge in [0.1, 0.15) is 5.79 Å². The first-order chi connectivity index (χ1) is 7.66. The fourth-order valence-corrected chi connectivity index (χ4v) is 3.22. The largest absolute Gasteiger partial charge is 0.533 e. The van der Waals surface area contributed by atoms with Crippen LogP contribution in [0.3, 0.4) is 0 Å². The number of hydrogen-bond donors (Lipinski definition) is 2. The third-order valence-electron chi connectivity index (χ3n) is 2.63. The lowest BCUT2D eigenvalue weighted by Crippen LogP contribution is -2.65. The predicted molar refractivity (Wildman–Crippen MR) is 66.9 cm³/mol. The highest BCUT2D eigenvalue weighted by molar-refractivity contribution is 6.62. The number of nitrogens with one attached hydrogen (secondary N) is 1. The first-order valence-corrected chi connectivity index (χ1v) is 7.61. The Morgan fingerprint density at radius 2 is 1.62 bits per heavy atom.